The van der Waals surface area contributed by atoms with Gasteiger partial charge >= 0.3 is 5.97 Å². The van der Waals surface area contributed by atoms with Gasteiger partial charge in [-0.15, -0.1) is 11.8 Å². The van der Waals surface area contributed by atoms with E-state index in [9.17, 15) is 9.59 Å². The Kier molecular flexibility index (Phi) is 3.76. The molecule has 0 spiro atoms. The van der Waals surface area contributed by atoms with Gasteiger partial charge in [0.1, 0.15) is 17.6 Å². The minimum absolute atomic E-state index is 0.304. The van der Waals surface area contributed by atoms with E-state index in [-0.39, 0.29) is 5.91 Å². The number of rotatable bonds is 3. The quantitative estimate of drug-likeness (QED) is 0.842. The third kappa shape index (κ3) is 2.76. The van der Waals surface area contributed by atoms with Crippen LogP contribution in [0.4, 0.5) is 0 Å². The zero-order valence-corrected chi connectivity index (χ0v) is 10.6. The third-order valence-corrected chi connectivity index (χ3v) is 3.61. The minimum atomic E-state index is -0.962. The van der Waals surface area contributed by atoms with Gasteiger partial charge in [-0.05, 0) is 25.1 Å². The standard InChI is InChI=1S/C12H13NO4S/c1-8-2-3-9(17-8)4-5-11(14)13-7-18-6-10(13)12(15)16/h2-5,10H,6-7H2,1H3,(H,15,16)/b5-4+. The minimum Gasteiger partial charge on any atom is -0.480 e. The zero-order valence-electron chi connectivity index (χ0n) is 9.83. The lowest BCUT2D eigenvalue weighted by Crippen LogP contribution is -2.40. The maximum absolute atomic E-state index is 11.9. The lowest BCUT2D eigenvalue weighted by Gasteiger charge is -2.18. The van der Waals surface area contributed by atoms with Crippen molar-refractivity contribution >= 4 is 29.7 Å². The molecule has 1 N–H and O–H groups in total. The summed E-state index contributed by atoms with van der Waals surface area (Å²) in [6.07, 6.45) is 2.90. The molecule has 0 radical (unpaired) electrons. The summed E-state index contributed by atoms with van der Waals surface area (Å²) in [5, 5.41) is 8.97. The molecule has 0 bridgehead atoms. The molecule has 1 saturated heterocycles. The molecule has 0 saturated carbocycles. The molecule has 1 unspecified atom stereocenters. The van der Waals surface area contributed by atoms with E-state index in [0.29, 0.717) is 17.4 Å². The van der Waals surface area contributed by atoms with Crippen molar-refractivity contribution < 1.29 is 19.1 Å². The van der Waals surface area contributed by atoms with Gasteiger partial charge in [0.25, 0.3) is 0 Å². The van der Waals surface area contributed by atoms with Crippen molar-refractivity contribution in [3.8, 4) is 0 Å². The number of aliphatic carboxylic acids is 1. The first-order valence-corrected chi connectivity index (χ1v) is 6.59. The van der Waals surface area contributed by atoms with E-state index in [1.807, 2.05) is 6.92 Å². The molecule has 96 valence electrons. The van der Waals surface area contributed by atoms with Crippen LogP contribution in [0.3, 0.4) is 0 Å². The fourth-order valence-corrected chi connectivity index (χ4v) is 2.81. The highest BCUT2D eigenvalue weighted by Crippen LogP contribution is 2.21. The molecule has 0 aliphatic carbocycles. The summed E-state index contributed by atoms with van der Waals surface area (Å²) in [4.78, 5) is 24.2. The lowest BCUT2D eigenvalue weighted by molar-refractivity contribution is -0.146. The van der Waals surface area contributed by atoms with Crippen molar-refractivity contribution in [1.29, 1.82) is 0 Å². The van der Waals surface area contributed by atoms with Crippen LogP contribution in [-0.2, 0) is 9.59 Å². The number of carbonyl (C=O) groups excluding carboxylic acids is 1. The van der Waals surface area contributed by atoms with Gasteiger partial charge in [-0.2, -0.15) is 0 Å². The van der Waals surface area contributed by atoms with E-state index in [4.69, 9.17) is 9.52 Å². The zero-order chi connectivity index (χ0) is 13.1. The summed E-state index contributed by atoms with van der Waals surface area (Å²) in [6, 6.07) is 2.83. The van der Waals surface area contributed by atoms with Gasteiger partial charge in [0.05, 0.1) is 5.88 Å². The van der Waals surface area contributed by atoms with Gasteiger partial charge in [-0.1, -0.05) is 0 Å². The van der Waals surface area contributed by atoms with Crippen molar-refractivity contribution in [2.24, 2.45) is 0 Å². The predicted octanol–water partition coefficient (Wildman–Crippen LogP) is 1.59. The monoisotopic (exact) mass is 267 g/mol. The highest BCUT2D eigenvalue weighted by Gasteiger charge is 2.33. The normalized spacial score (nSPS) is 19.6. The van der Waals surface area contributed by atoms with Crippen LogP contribution in [-0.4, -0.2) is 39.6 Å². The Morgan fingerprint density at radius 2 is 2.33 bits per heavy atom. The highest BCUT2D eigenvalue weighted by molar-refractivity contribution is 7.99. The van der Waals surface area contributed by atoms with Gasteiger partial charge in [-0.3, -0.25) is 4.79 Å². The van der Waals surface area contributed by atoms with E-state index in [0.717, 1.165) is 5.76 Å². The molecule has 5 nitrogen and oxygen atoms in total. The number of amides is 1. The Labute approximate surface area is 108 Å². The fourth-order valence-electron chi connectivity index (χ4n) is 1.66. The number of carboxylic acids is 1. The number of aryl methyl sites for hydroxylation is 1. The molecule has 1 atom stereocenters. The molecular weight excluding hydrogens is 254 g/mol. The highest BCUT2D eigenvalue weighted by atomic mass is 32.2. The van der Waals surface area contributed by atoms with Crippen LogP contribution in [0.5, 0.6) is 0 Å². The number of carboxylic acid groups (broad SMARTS) is 1. The Hall–Kier alpha value is -1.69. The van der Waals surface area contributed by atoms with Crippen molar-refractivity contribution in [2.75, 3.05) is 11.6 Å². The number of nitrogens with zero attached hydrogens (tertiary/aromatic N) is 1. The largest absolute Gasteiger partial charge is 0.480 e. The average Bonchev–Trinajstić information content (AvgIpc) is 2.94. The first-order chi connectivity index (χ1) is 8.58. The molecule has 2 heterocycles. The second-order valence-corrected chi connectivity index (χ2v) is 4.94. The molecule has 1 aliphatic rings. The first-order valence-electron chi connectivity index (χ1n) is 5.43. The Morgan fingerprint density at radius 1 is 1.56 bits per heavy atom. The molecular formula is C12H13NO4S. The van der Waals surface area contributed by atoms with Gasteiger partial charge in [-0.25, -0.2) is 4.79 Å². The van der Waals surface area contributed by atoms with Crippen molar-refractivity contribution in [3.05, 3.63) is 29.7 Å². The van der Waals surface area contributed by atoms with Crippen LogP contribution in [0.15, 0.2) is 22.6 Å². The van der Waals surface area contributed by atoms with Gasteiger partial charge in [0.2, 0.25) is 5.91 Å². The van der Waals surface area contributed by atoms with Gasteiger partial charge in [0.15, 0.2) is 0 Å². The van der Waals surface area contributed by atoms with Crippen LogP contribution < -0.4 is 0 Å². The Morgan fingerprint density at radius 3 is 2.94 bits per heavy atom. The molecule has 1 aromatic rings. The summed E-state index contributed by atoms with van der Waals surface area (Å²) in [5.41, 5.74) is 0. The summed E-state index contributed by atoms with van der Waals surface area (Å²) in [6.45, 7) is 1.82. The summed E-state index contributed by atoms with van der Waals surface area (Å²) >= 11 is 1.44. The van der Waals surface area contributed by atoms with E-state index in [2.05, 4.69) is 0 Å². The molecule has 18 heavy (non-hydrogen) atoms. The third-order valence-electron chi connectivity index (χ3n) is 2.60. The topological polar surface area (TPSA) is 70.8 Å². The Balaban J connectivity index is 2.03. The molecule has 0 aromatic carbocycles. The van der Waals surface area contributed by atoms with Crippen molar-refractivity contribution in [2.45, 2.75) is 13.0 Å². The van der Waals surface area contributed by atoms with Gasteiger partial charge in [0, 0.05) is 11.8 Å². The van der Waals surface area contributed by atoms with Crippen LogP contribution in [0.2, 0.25) is 0 Å². The molecule has 1 aliphatic heterocycles. The van der Waals surface area contributed by atoms with Crippen LogP contribution >= 0.6 is 11.8 Å². The van der Waals surface area contributed by atoms with Gasteiger partial charge < -0.3 is 14.4 Å². The first kappa shape index (κ1) is 12.8. The molecule has 1 fully saturated rings. The number of hydrogen-bond acceptors (Lipinski definition) is 4. The second kappa shape index (κ2) is 5.30. The van der Waals surface area contributed by atoms with Crippen LogP contribution in [0.1, 0.15) is 11.5 Å². The summed E-state index contributed by atoms with van der Waals surface area (Å²) in [7, 11) is 0. The maximum Gasteiger partial charge on any atom is 0.327 e. The molecule has 2 rings (SSSR count). The van der Waals surface area contributed by atoms with Crippen LogP contribution in [0, 0.1) is 6.92 Å². The van der Waals surface area contributed by atoms with E-state index >= 15 is 0 Å². The fraction of sp³-hybridized carbons (Fsp3) is 0.333. The average molecular weight is 267 g/mol. The predicted molar refractivity (Wildman–Crippen MR) is 68.1 cm³/mol. The molecule has 6 heteroatoms. The van der Waals surface area contributed by atoms with E-state index in [1.165, 1.54) is 22.7 Å². The summed E-state index contributed by atoms with van der Waals surface area (Å²) in [5.74, 6) is 0.936. The van der Waals surface area contributed by atoms with E-state index < -0.39 is 12.0 Å². The SMILES string of the molecule is Cc1ccc(/C=C/C(=O)N2CSCC2C(=O)O)o1. The lowest BCUT2D eigenvalue weighted by atomic mass is 10.3. The number of furan rings is 1. The maximum atomic E-state index is 11.9. The number of hydrogen-bond donors (Lipinski definition) is 1. The van der Waals surface area contributed by atoms with Crippen LogP contribution in [0.25, 0.3) is 6.08 Å². The number of carbonyl (C=O) groups is 2. The smallest absolute Gasteiger partial charge is 0.327 e. The van der Waals surface area contributed by atoms with E-state index in [1.54, 1.807) is 18.2 Å². The number of thioether (sulfide) groups is 1. The molecule has 1 aromatic heterocycles. The second-order valence-electron chi connectivity index (χ2n) is 3.94. The molecule has 1 amide bonds. The van der Waals surface area contributed by atoms with Crippen molar-refractivity contribution in [1.82, 2.24) is 4.90 Å². The summed E-state index contributed by atoms with van der Waals surface area (Å²) < 4.78 is 5.29. The Bertz CT molecular complexity index is 494. The van der Waals surface area contributed by atoms with Crippen molar-refractivity contribution in [3.63, 3.8) is 0 Å².